The standard InChI is InChI=1S/C23H26N4O3/c1-16-8-3-4-9-18(16)12-13-19-10-7-11-20(22(19)29)24-25-21-17(2)26-27(23(21)30)14-5-6-15-28/h3-4,7-13,26,28-29H,5-6,14-15H2,1-2H3/b13-12+,25-24?. The predicted octanol–water partition coefficient (Wildman–Crippen LogP) is 4.86. The van der Waals surface area contributed by atoms with Crippen molar-refractivity contribution in [1.82, 2.24) is 9.78 Å². The van der Waals surface area contributed by atoms with E-state index in [1.165, 1.54) is 4.68 Å². The van der Waals surface area contributed by atoms with E-state index in [0.717, 1.165) is 11.1 Å². The Bertz CT molecular complexity index is 1130. The fraction of sp³-hybridized carbons (Fsp3) is 0.261. The van der Waals surface area contributed by atoms with Crippen LogP contribution in [0.5, 0.6) is 5.75 Å². The average molecular weight is 406 g/mol. The summed E-state index contributed by atoms with van der Waals surface area (Å²) < 4.78 is 1.46. The molecule has 0 fully saturated rings. The fourth-order valence-electron chi connectivity index (χ4n) is 3.07. The number of aromatic nitrogens is 2. The number of nitrogens with one attached hydrogen (secondary N) is 1. The molecule has 0 bridgehead atoms. The zero-order chi connectivity index (χ0) is 21.5. The van der Waals surface area contributed by atoms with E-state index in [4.69, 9.17) is 5.11 Å². The van der Waals surface area contributed by atoms with Gasteiger partial charge in [0.05, 0.1) is 5.69 Å². The highest BCUT2D eigenvalue weighted by molar-refractivity contribution is 5.76. The van der Waals surface area contributed by atoms with Crippen LogP contribution >= 0.6 is 0 Å². The van der Waals surface area contributed by atoms with Crippen molar-refractivity contribution < 1.29 is 10.2 Å². The summed E-state index contributed by atoms with van der Waals surface area (Å²) in [6, 6.07) is 13.2. The largest absolute Gasteiger partial charge is 0.505 e. The van der Waals surface area contributed by atoms with Crippen molar-refractivity contribution in [3.63, 3.8) is 0 Å². The summed E-state index contributed by atoms with van der Waals surface area (Å²) in [5.74, 6) is 0.00236. The molecule has 3 rings (SSSR count). The summed E-state index contributed by atoms with van der Waals surface area (Å²) in [6.07, 6.45) is 5.07. The van der Waals surface area contributed by atoms with Crippen LogP contribution in [0.15, 0.2) is 57.5 Å². The summed E-state index contributed by atoms with van der Waals surface area (Å²) in [4.78, 5) is 12.5. The van der Waals surface area contributed by atoms with Crippen molar-refractivity contribution in [3.8, 4) is 5.75 Å². The number of aryl methyl sites for hydroxylation is 3. The van der Waals surface area contributed by atoms with Gasteiger partial charge in [-0.3, -0.25) is 14.6 Å². The number of aliphatic hydroxyl groups excluding tert-OH is 1. The van der Waals surface area contributed by atoms with Gasteiger partial charge in [-0.15, -0.1) is 10.2 Å². The number of rotatable bonds is 8. The highest BCUT2D eigenvalue weighted by Crippen LogP contribution is 2.32. The van der Waals surface area contributed by atoms with Gasteiger partial charge >= 0.3 is 0 Å². The van der Waals surface area contributed by atoms with Crippen LogP contribution in [-0.2, 0) is 6.54 Å². The summed E-state index contributed by atoms with van der Waals surface area (Å²) in [5, 5.41) is 30.6. The van der Waals surface area contributed by atoms with Gasteiger partial charge in [0.15, 0.2) is 5.69 Å². The van der Waals surface area contributed by atoms with Gasteiger partial charge in [-0.1, -0.05) is 48.6 Å². The number of nitrogens with zero attached hydrogens (tertiary/aromatic N) is 3. The Morgan fingerprint density at radius 1 is 1.00 bits per heavy atom. The van der Waals surface area contributed by atoms with E-state index in [-0.39, 0.29) is 29.3 Å². The van der Waals surface area contributed by atoms with Crippen molar-refractivity contribution in [2.75, 3.05) is 6.61 Å². The minimum Gasteiger partial charge on any atom is -0.505 e. The number of aliphatic hydroxyl groups is 1. The van der Waals surface area contributed by atoms with Gasteiger partial charge in [-0.2, -0.15) is 0 Å². The Hall–Kier alpha value is -3.45. The van der Waals surface area contributed by atoms with E-state index in [0.29, 0.717) is 30.6 Å². The molecule has 0 aliphatic carbocycles. The van der Waals surface area contributed by atoms with Gasteiger partial charge in [0.25, 0.3) is 5.56 Å². The Kier molecular flexibility index (Phi) is 6.98. The van der Waals surface area contributed by atoms with E-state index in [9.17, 15) is 9.90 Å². The average Bonchev–Trinajstić information content (AvgIpc) is 3.00. The molecule has 0 unspecified atom stereocenters. The van der Waals surface area contributed by atoms with Crippen LogP contribution in [0.1, 0.15) is 35.2 Å². The van der Waals surface area contributed by atoms with Crippen LogP contribution in [-0.4, -0.2) is 26.6 Å². The van der Waals surface area contributed by atoms with E-state index in [2.05, 4.69) is 15.3 Å². The zero-order valence-electron chi connectivity index (χ0n) is 17.2. The van der Waals surface area contributed by atoms with E-state index in [1.807, 2.05) is 43.3 Å². The first-order valence-electron chi connectivity index (χ1n) is 9.89. The van der Waals surface area contributed by atoms with Crippen LogP contribution in [0, 0.1) is 13.8 Å². The Morgan fingerprint density at radius 2 is 1.73 bits per heavy atom. The Morgan fingerprint density at radius 3 is 2.50 bits per heavy atom. The topological polar surface area (TPSA) is 103 Å². The SMILES string of the molecule is Cc1ccccc1/C=C/c1cccc(N=Nc2c(C)[nH]n(CCCCO)c2=O)c1O. The Labute approximate surface area is 175 Å². The number of phenolic OH excluding ortho intramolecular Hbond substituents is 1. The van der Waals surface area contributed by atoms with Crippen LogP contribution in [0.25, 0.3) is 12.2 Å². The molecular formula is C23H26N4O3. The molecule has 7 nitrogen and oxygen atoms in total. The van der Waals surface area contributed by atoms with Gasteiger partial charge in [0.2, 0.25) is 0 Å². The molecule has 3 N–H and O–H groups in total. The number of aromatic amines is 1. The minimum atomic E-state index is -0.274. The van der Waals surface area contributed by atoms with Gasteiger partial charge in [0.1, 0.15) is 11.4 Å². The highest BCUT2D eigenvalue weighted by Gasteiger charge is 2.11. The molecule has 1 aromatic heterocycles. The predicted molar refractivity (Wildman–Crippen MR) is 118 cm³/mol. The second kappa shape index (κ2) is 9.84. The molecule has 0 aliphatic heterocycles. The zero-order valence-corrected chi connectivity index (χ0v) is 17.2. The molecule has 0 saturated carbocycles. The number of hydrogen-bond donors (Lipinski definition) is 3. The Balaban J connectivity index is 1.83. The van der Waals surface area contributed by atoms with Crippen molar-refractivity contribution in [3.05, 3.63) is 75.2 Å². The lowest BCUT2D eigenvalue weighted by molar-refractivity contribution is 0.280. The number of phenols is 1. The first kappa shape index (κ1) is 21.3. The number of azo groups is 1. The minimum absolute atomic E-state index is 0.00236. The first-order chi connectivity index (χ1) is 14.5. The second-order valence-electron chi connectivity index (χ2n) is 7.08. The van der Waals surface area contributed by atoms with Crippen molar-refractivity contribution in [2.45, 2.75) is 33.2 Å². The molecule has 30 heavy (non-hydrogen) atoms. The molecule has 7 heteroatoms. The summed E-state index contributed by atoms with van der Waals surface area (Å²) in [6.45, 7) is 4.34. The lowest BCUT2D eigenvalue weighted by atomic mass is 10.1. The number of unbranched alkanes of at least 4 members (excludes halogenated alkanes) is 1. The molecule has 0 amide bonds. The van der Waals surface area contributed by atoms with E-state index in [1.54, 1.807) is 25.1 Å². The van der Waals surface area contributed by atoms with Crippen LogP contribution in [0.2, 0.25) is 0 Å². The third-order valence-corrected chi connectivity index (χ3v) is 4.83. The summed E-state index contributed by atoms with van der Waals surface area (Å²) >= 11 is 0. The molecule has 0 atom stereocenters. The number of hydrogen-bond acceptors (Lipinski definition) is 5. The highest BCUT2D eigenvalue weighted by atomic mass is 16.3. The van der Waals surface area contributed by atoms with Gasteiger partial charge in [-0.05, 0) is 43.9 Å². The summed E-state index contributed by atoms with van der Waals surface area (Å²) in [5.41, 5.74) is 3.64. The third kappa shape index (κ3) is 4.93. The lowest BCUT2D eigenvalue weighted by Gasteiger charge is -2.03. The molecule has 0 spiro atoms. The normalized spacial score (nSPS) is 11.7. The van der Waals surface area contributed by atoms with Gasteiger partial charge in [-0.25, -0.2) is 0 Å². The van der Waals surface area contributed by atoms with Gasteiger partial charge < -0.3 is 10.2 Å². The number of benzene rings is 2. The monoisotopic (exact) mass is 406 g/mol. The number of para-hydroxylation sites is 1. The van der Waals surface area contributed by atoms with Crippen LogP contribution in [0.3, 0.4) is 0 Å². The lowest BCUT2D eigenvalue weighted by Crippen LogP contribution is -2.16. The fourth-order valence-corrected chi connectivity index (χ4v) is 3.07. The van der Waals surface area contributed by atoms with Crippen LogP contribution in [0.4, 0.5) is 11.4 Å². The quantitative estimate of drug-likeness (QED) is 0.283. The molecule has 1 heterocycles. The maximum atomic E-state index is 12.5. The van der Waals surface area contributed by atoms with Gasteiger partial charge in [0, 0.05) is 18.7 Å². The van der Waals surface area contributed by atoms with E-state index >= 15 is 0 Å². The third-order valence-electron chi connectivity index (χ3n) is 4.83. The maximum Gasteiger partial charge on any atom is 0.294 e. The molecule has 2 aromatic carbocycles. The second-order valence-corrected chi connectivity index (χ2v) is 7.08. The number of H-pyrrole nitrogens is 1. The smallest absolute Gasteiger partial charge is 0.294 e. The molecule has 0 radical (unpaired) electrons. The molecule has 156 valence electrons. The molecule has 0 aliphatic rings. The molecular weight excluding hydrogens is 380 g/mol. The first-order valence-corrected chi connectivity index (χ1v) is 9.89. The van der Waals surface area contributed by atoms with Crippen molar-refractivity contribution >= 4 is 23.5 Å². The molecule has 0 saturated heterocycles. The molecule has 3 aromatic rings. The van der Waals surface area contributed by atoms with Crippen molar-refractivity contribution in [2.24, 2.45) is 10.2 Å². The van der Waals surface area contributed by atoms with Crippen LogP contribution < -0.4 is 5.56 Å². The van der Waals surface area contributed by atoms with Crippen molar-refractivity contribution in [1.29, 1.82) is 0 Å². The summed E-state index contributed by atoms with van der Waals surface area (Å²) in [7, 11) is 0. The maximum absolute atomic E-state index is 12.5. The number of aromatic hydroxyl groups is 1. The van der Waals surface area contributed by atoms with E-state index < -0.39 is 0 Å².